The number of urea groups is 1. The third kappa shape index (κ3) is 8.08. The standard InChI is InChI=1S/C32H35F6N7O3/c1-3-26-11-27(18-45(26)30(48)41-12-19-4-6-21(7-5-19)28(46)47)44(29-39-13-22(14-40-29)23-15-42-43(2)17-23)16-20-8-24(31(33,34)35)10-25(9-20)32(36,37)38/h8-10,12-15,17,21,26-27H,3-7,11,16,18H2,1-2H3,(H,41,48)(H,46,47). The molecule has 1 saturated heterocycles. The third-order valence-corrected chi connectivity index (χ3v) is 8.88. The molecule has 0 bridgehead atoms. The van der Waals surface area contributed by atoms with Crippen LogP contribution in [0, 0.1) is 5.92 Å². The molecule has 16 heteroatoms. The number of rotatable bonds is 8. The van der Waals surface area contributed by atoms with Gasteiger partial charge in [0, 0.05) is 62.1 Å². The molecule has 0 radical (unpaired) electrons. The first-order valence-corrected chi connectivity index (χ1v) is 15.5. The molecular weight excluding hydrogens is 644 g/mol. The number of halogens is 6. The predicted molar refractivity (Wildman–Crippen MR) is 162 cm³/mol. The Bertz CT molecular complexity index is 1610. The van der Waals surface area contributed by atoms with Crippen LogP contribution in [0.1, 0.15) is 62.1 Å². The summed E-state index contributed by atoms with van der Waals surface area (Å²) in [5.41, 5.74) is -0.861. The number of aromatic nitrogens is 4. The first-order chi connectivity index (χ1) is 22.6. The summed E-state index contributed by atoms with van der Waals surface area (Å²) in [7, 11) is 1.73. The van der Waals surface area contributed by atoms with Crippen LogP contribution in [0.5, 0.6) is 0 Å². The molecule has 1 aromatic carbocycles. The van der Waals surface area contributed by atoms with Gasteiger partial charge >= 0.3 is 24.4 Å². The molecule has 2 N–H and O–H groups in total. The van der Waals surface area contributed by atoms with E-state index in [0.29, 0.717) is 61.8 Å². The molecule has 48 heavy (non-hydrogen) atoms. The van der Waals surface area contributed by atoms with Gasteiger partial charge in [-0.1, -0.05) is 12.5 Å². The van der Waals surface area contributed by atoms with Gasteiger partial charge in [-0.3, -0.25) is 9.48 Å². The third-order valence-electron chi connectivity index (χ3n) is 8.88. The quantitative estimate of drug-likeness (QED) is 0.257. The van der Waals surface area contributed by atoms with E-state index in [0.717, 1.165) is 5.57 Å². The topological polar surface area (TPSA) is 116 Å². The van der Waals surface area contributed by atoms with E-state index in [1.165, 1.54) is 12.4 Å². The Hall–Kier alpha value is -4.63. The Labute approximate surface area is 272 Å². The first kappa shape index (κ1) is 34.7. The second-order valence-electron chi connectivity index (χ2n) is 12.2. The average Bonchev–Trinajstić information content (AvgIpc) is 3.68. The highest BCUT2D eigenvalue weighted by Crippen LogP contribution is 2.38. The number of allylic oxidation sites excluding steroid dienone is 1. The second kappa shape index (κ2) is 13.8. The van der Waals surface area contributed by atoms with E-state index in [9.17, 15) is 41.0 Å². The Balaban J connectivity index is 1.43. The average molecular weight is 680 g/mol. The molecule has 2 aliphatic rings. The maximum atomic E-state index is 13.7. The fourth-order valence-electron chi connectivity index (χ4n) is 6.24. The van der Waals surface area contributed by atoms with Crippen molar-refractivity contribution in [2.24, 2.45) is 13.0 Å². The summed E-state index contributed by atoms with van der Waals surface area (Å²) in [6.07, 6.45) is 0.830. The summed E-state index contributed by atoms with van der Waals surface area (Å²) >= 11 is 0. The maximum absolute atomic E-state index is 13.7. The highest BCUT2D eigenvalue weighted by molar-refractivity contribution is 5.76. The number of nitrogens with zero attached hydrogens (tertiary/aromatic N) is 6. The second-order valence-corrected chi connectivity index (χ2v) is 12.2. The SMILES string of the molecule is CCC1CC(N(Cc2cc(C(F)(F)F)cc(C(F)(F)F)c2)c2ncc(-c3cnn(C)c3)cn2)CN1C(=O)NC=C1CCC(C(=O)O)CC1. The summed E-state index contributed by atoms with van der Waals surface area (Å²) < 4.78 is 83.8. The number of nitrogens with one attached hydrogen (secondary N) is 1. The van der Waals surface area contributed by atoms with Gasteiger partial charge in [-0.15, -0.1) is 0 Å². The summed E-state index contributed by atoms with van der Waals surface area (Å²) in [4.78, 5) is 36.7. The van der Waals surface area contributed by atoms with Crippen LogP contribution >= 0.6 is 0 Å². The van der Waals surface area contributed by atoms with Gasteiger partial charge in [-0.05, 0) is 62.3 Å². The molecule has 2 amide bonds. The minimum Gasteiger partial charge on any atom is -0.481 e. The van der Waals surface area contributed by atoms with Crippen LogP contribution in [0.4, 0.5) is 37.1 Å². The Morgan fingerprint density at radius 1 is 1.00 bits per heavy atom. The van der Waals surface area contributed by atoms with Crippen LogP contribution in [0.2, 0.25) is 0 Å². The molecule has 1 saturated carbocycles. The van der Waals surface area contributed by atoms with E-state index in [1.54, 1.807) is 40.1 Å². The van der Waals surface area contributed by atoms with Gasteiger partial charge in [-0.2, -0.15) is 31.4 Å². The number of aryl methyl sites for hydroxylation is 1. The molecule has 2 fully saturated rings. The number of likely N-dealkylation sites (tertiary alicyclic amines) is 1. The van der Waals surface area contributed by atoms with E-state index in [-0.39, 0.29) is 36.7 Å². The molecular formula is C32H35F6N7O3. The van der Waals surface area contributed by atoms with Crippen molar-refractivity contribution in [3.8, 4) is 11.1 Å². The van der Waals surface area contributed by atoms with Crippen molar-refractivity contribution in [3.63, 3.8) is 0 Å². The Morgan fingerprint density at radius 2 is 1.62 bits per heavy atom. The molecule has 2 atom stereocenters. The van der Waals surface area contributed by atoms with Crippen LogP contribution in [-0.4, -0.2) is 60.4 Å². The lowest BCUT2D eigenvalue weighted by Crippen LogP contribution is -2.43. The van der Waals surface area contributed by atoms with Crippen molar-refractivity contribution >= 4 is 17.9 Å². The highest BCUT2D eigenvalue weighted by Gasteiger charge is 2.40. The minimum absolute atomic E-state index is 0.0769. The number of benzene rings is 1. The summed E-state index contributed by atoms with van der Waals surface area (Å²) in [5, 5.41) is 16.2. The van der Waals surface area contributed by atoms with Crippen LogP contribution < -0.4 is 10.2 Å². The first-order valence-electron chi connectivity index (χ1n) is 15.5. The molecule has 2 aromatic heterocycles. The molecule has 0 spiro atoms. The van der Waals surface area contributed by atoms with Gasteiger partial charge in [0.2, 0.25) is 5.95 Å². The Kier molecular flexibility index (Phi) is 10.0. The number of hydrogen-bond donors (Lipinski definition) is 2. The summed E-state index contributed by atoms with van der Waals surface area (Å²) in [6.45, 7) is 1.60. The molecule has 258 valence electrons. The summed E-state index contributed by atoms with van der Waals surface area (Å²) in [5.74, 6) is -1.18. The van der Waals surface area contributed by atoms with Gasteiger partial charge < -0.3 is 20.2 Å². The zero-order valence-electron chi connectivity index (χ0n) is 26.2. The minimum atomic E-state index is -5.01. The molecule has 5 rings (SSSR count). The number of carboxylic acid groups (broad SMARTS) is 1. The molecule has 10 nitrogen and oxygen atoms in total. The lowest BCUT2D eigenvalue weighted by atomic mass is 9.86. The fourth-order valence-corrected chi connectivity index (χ4v) is 6.24. The van der Waals surface area contributed by atoms with Crippen molar-refractivity contribution in [2.75, 3.05) is 11.4 Å². The van der Waals surface area contributed by atoms with Crippen molar-refractivity contribution in [2.45, 2.75) is 76.4 Å². The monoisotopic (exact) mass is 679 g/mol. The Morgan fingerprint density at radius 3 is 2.15 bits per heavy atom. The van der Waals surface area contributed by atoms with Gasteiger partial charge in [-0.25, -0.2) is 14.8 Å². The largest absolute Gasteiger partial charge is 0.481 e. The van der Waals surface area contributed by atoms with E-state index in [2.05, 4.69) is 20.4 Å². The number of hydrogen-bond acceptors (Lipinski definition) is 6. The van der Waals surface area contributed by atoms with Crippen molar-refractivity contribution in [1.82, 2.24) is 30.0 Å². The number of alkyl halides is 6. The number of carbonyl (C=O) groups is 2. The van der Waals surface area contributed by atoms with Crippen LogP contribution in [0.15, 0.2) is 54.8 Å². The van der Waals surface area contributed by atoms with Crippen LogP contribution in [0.3, 0.4) is 0 Å². The lowest BCUT2D eigenvalue weighted by molar-refractivity contribution is -0.144. The smallest absolute Gasteiger partial charge is 0.416 e. The van der Waals surface area contributed by atoms with Crippen LogP contribution in [-0.2, 0) is 30.7 Å². The lowest BCUT2D eigenvalue weighted by Gasteiger charge is -2.30. The maximum Gasteiger partial charge on any atom is 0.416 e. The normalized spacial score (nSPS) is 20.1. The van der Waals surface area contributed by atoms with E-state index < -0.39 is 47.4 Å². The molecule has 1 aliphatic carbocycles. The molecule has 3 aromatic rings. The van der Waals surface area contributed by atoms with Crippen molar-refractivity contribution < 1.29 is 41.0 Å². The molecule has 3 heterocycles. The molecule has 2 unspecified atom stereocenters. The molecule has 1 aliphatic heterocycles. The van der Waals surface area contributed by atoms with Gasteiger partial charge in [0.15, 0.2) is 0 Å². The van der Waals surface area contributed by atoms with E-state index in [4.69, 9.17) is 0 Å². The number of aliphatic carboxylic acids is 1. The predicted octanol–water partition coefficient (Wildman–Crippen LogP) is 6.64. The number of amides is 2. The number of anilines is 1. The van der Waals surface area contributed by atoms with Gasteiger partial charge in [0.05, 0.1) is 29.3 Å². The van der Waals surface area contributed by atoms with Crippen molar-refractivity contribution in [1.29, 1.82) is 0 Å². The van der Waals surface area contributed by atoms with Gasteiger partial charge in [0.1, 0.15) is 0 Å². The van der Waals surface area contributed by atoms with E-state index >= 15 is 0 Å². The van der Waals surface area contributed by atoms with E-state index in [1.807, 2.05) is 6.92 Å². The highest BCUT2D eigenvalue weighted by atomic mass is 19.4. The zero-order valence-corrected chi connectivity index (χ0v) is 26.2. The van der Waals surface area contributed by atoms with Crippen molar-refractivity contribution in [3.05, 3.63) is 71.4 Å². The summed E-state index contributed by atoms with van der Waals surface area (Å²) in [6, 6.07) is 0.212. The van der Waals surface area contributed by atoms with Gasteiger partial charge in [0.25, 0.3) is 0 Å². The van der Waals surface area contributed by atoms with Crippen LogP contribution in [0.25, 0.3) is 11.1 Å². The number of carboxylic acids is 1. The zero-order chi connectivity index (χ0) is 34.8. The number of carbonyl (C=O) groups excluding carboxylic acids is 1. The fraction of sp³-hybridized carbons (Fsp3) is 0.469.